The van der Waals surface area contributed by atoms with Crippen molar-refractivity contribution in [1.29, 1.82) is 0 Å². The number of nitrogens with zero attached hydrogens (tertiary/aromatic N) is 1. The van der Waals surface area contributed by atoms with Crippen LogP contribution in [-0.2, 0) is 4.79 Å². The summed E-state index contributed by atoms with van der Waals surface area (Å²) in [6.45, 7) is 1.85. The molecule has 0 aliphatic heterocycles. The summed E-state index contributed by atoms with van der Waals surface area (Å²) in [7, 11) is 0. The highest BCUT2D eigenvalue weighted by molar-refractivity contribution is 5.60. The zero-order chi connectivity index (χ0) is 7.40. The van der Waals surface area contributed by atoms with Gasteiger partial charge >= 0.3 is 0 Å². The third-order valence-corrected chi connectivity index (χ3v) is 1.41. The lowest BCUT2D eigenvalue weighted by atomic mass is 10.1. The number of rotatable bonds is 2. The number of hydrogen-bond donors (Lipinski definition) is 0. The van der Waals surface area contributed by atoms with E-state index in [2.05, 4.69) is 4.98 Å². The first-order valence-electron chi connectivity index (χ1n) is 3.20. The van der Waals surface area contributed by atoms with Crippen molar-refractivity contribution in [2.75, 3.05) is 0 Å². The molecule has 1 aromatic heterocycles. The number of carbonyl (C=O) groups is 1. The minimum absolute atomic E-state index is 0.0336. The summed E-state index contributed by atoms with van der Waals surface area (Å²) in [4.78, 5) is 14.2. The van der Waals surface area contributed by atoms with Crippen molar-refractivity contribution in [2.24, 2.45) is 0 Å². The molecule has 0 saturated carbocycles. The Hall–Kier alpha value is -1.18. The second-order valence-corrected chi connectivity index (χ2v) is 2.21. The zero-order valence-corrected chi connectivity index (χ0v) is 5.82. The van der Waals surface area contributed by atoms with Crippen LogP contribution in [0.1, 0.15) is 18.4 Å². The fourth-order valence-electron chi connectivity index (χ4n) is 0.724. The Morgan fingerprint density at radius 2 is 2.50 bits per heavy atom. The number of aromatic nitrogens is 1. The van der Waals surface area contributed by atoms with Gasteiger partial charge in [-0.15, -0.1) is 0 Å². The summed E-state index contributed by atoms with van der Waals surface area (Å²) in [5.74, 6) is -0.0336. The lowest BCUT2D eigenvalue weighted by molar-refractivity contribution is -0.108. The maximum absolute atomic E-state index is 10.3. The van der Waals surface area contributed by atoms with Gasteiger partial charge in [0.15, 0.2) is 0 Å². The van der Waals surface area contributed by atoms with Crippen LogP contribution in [0.3, 0.4) is 0 Å². The molecule has 1 aromatic rings. The molecule has 10 heavy (non-hydrogen) atoms. The third kappa shape index (κ3) is 1.41. The van der Waals surface area contributed by atoms with Crippen molar-refractivity contribution < 1.29 is 4.79 Å². The quantitative estimate of drug-likeness (QED) is 0.573. The molecule has 0 N–H and O–H groups in total. The number of hydrogen-bond acceptors (Lipinski definition) is 2. The number of aldehydes is 1. The van der Waals surface area contributed by atoms with Crippen LogP contribution in [0.5, 0.6) is 0 Å². The fraction of sp³-hybridized carbons (Fsp3) is 0.250. The lowest BCUT2D eigenvalue weighted by Gasteiger charge is -1.99. The average molecular weight is 135 g/mol. The van der Waals surface area contributed by atoms with Crippen LogP contribution in [0.2, 0.25) is 0 Å². The van der Waals surface area contributed by atoms with Crippen LogP contribution >= 0.6 is 0 Å². The molecule has 1 atom stereocenters. The van der Waals surface area contributed by atoms with Crippen LogP contribution in [0.25, 0.3) is 0 Å². The van der Waals surface area contributed by atoms with Gasteiger partial charge in [0.05, 0.1) is 0 Å². The highest BCUT2D eigenvalue weighted by Gasteiger charge is 2.00. The van der Waals surface area contributed by atoms with Crippen molar-refractivity contribution in [3.05, 3.63) is 30.1 Å². The maximum atomic E-state index is 10.3. The van der Waals surface area contributed by atoms with Gasteiger partial charge in [-0.3, -0.25) is 4.98 Å². The number of pyridine rings is 1. The molecule has 0 aliphatic rings. The molecule has 0 fully saturated rings. The molecule has 0 aromatic carbocycles. The van der Waals surface area contributed by atoms with E-state index in [9.17, 15) is 4.79 Å². The summed E-state index contributed by atoms with van der Waals surface area (Å²) in [6, 6.07) is 3.72. The molecule has 0 radical (unpaired) electrons. The largest absolute Gasteiger partial charge is 0.303 e. The van der Waals surface area contributed by atoms with Crippen LogP contribution in [0.4, 0.5) is 0 Å². The standard InChI is InChI=1S/C8H9NO/c1-7(6-10)8-3-2-4-9-5-8/h2-7H,1H3. The topological polar surface area (TPSA) is 30.0 Å². The molecule has 0 bridgehead atoms. The molecule has 0 amide bonds. The molecule has 0 spiro atoms. The lowest BCUT2D eigenvalue weighted by Crippen LogP contribution is -1.93. The van der Waals surface area contributed by atoms with E-state index in [4.69, 9.17) is 0 Å². The average Bonchev–Trinajstić information content (AvgIpc) is 2.05. The molecule has 0 aliphatic carbocycles. The summed E-state index contributed by atoms with van der Waals surface area (Å²) in [5, 5.41) is 0. The Morgan fingerprint density at radius 1 is 1.70 bits per heavy atom. The van der Waals surface area contributed by atoms with Gasteiger partial charge in [0.1, 0.15) is 6.29 Å². The second kappa shape index (κ2) is 3.11. The minimum atomic E-state index is -0.0336. The van der Waals surface area contributed by atoms with Crippen molar-refractivity contribution in [3.63, 3.8) is 0 Å². The summed E-state index contributed by atoms with van der Waals surface area (Å²) < 4.78 is 0. The van der Waals surface area contributed by atoms with Crippen molar-refractivity contribution in [1.82, 2.24) is 4.98 Å². The van der Waals surface area contributed by atoms with E-state index >= 15 is 0 Å². The highest BCUT2D eigenvalue weighted by atomic mass is 16.1. The van der Waals surface area contributed by atoms with Gasteiger partial charge in [0.25, 0.3) is 0 Å². The van der Waals surface area contributed by atoms with Gasteiger partial charge in [-0.2, -0.15) is 0 Å². The SMILES string of the molecule is CC(C=O)c1cccnc1. The van der Waals surface area contributed by atoms with Gasteiger partial charge in [-0.1, -0.05) is 13.0 Å². The van der Waals surface area contributed by atoms with E-state index in [1.54, 1.807) is 12.4 Å². The second-order valence-electron chi connectivity index (χ2n) is 2.21. The molecular formula is C8H9NO. The molecule has 1 unspecified atom stereocenters. The molecule has 2 heteroatoms. The first-order chi connectivity index (χ1) is 4.84. The Morgan fingerprint density at radius 3 is 3.00 bits per heavy atom. The van der Waals surface area contributed by atoms with Gasteiger partial charge in [0.2, 0.25) is 0 Å². The van der Waals surface area contributed by atoms with Crippen molar-refractivity contribution >= 4 is 6.29 Å². The molecule has 1 rings (SSSR count). The third-order valence-electron chi connectivity index (χ3n) is 1.41. The molecular weight excluding hydrogens is 126 g/mol. The van der Waals surface area contributed by atoms with Gasteiger partial charge in [-0.25, -0.2) is 0 Å². The predicted molar refractivity (Wildman–Crippen MR) is 38.7 cm³/mol. The van der Waals surface area contributed by atoms with Gasteiger partial charge in [0, 0.05) is 18.3 Å². The smallest absolute Gasteiger partial charge is 0.127 e. The first-order valence-corrected chi connectivity index (χ1v) is 3.20. The molecule has 52 valence electrons. The Bertz CT molecular complexity index is 208. The Labute approximate surface area is 59.9 Å². The van der Waals surface area contributed by atoms with E-state index in [0.717, 1.165) is 11.8 Å². The normalized spacial score (nSPS) is 12.5. The molecule has 0 saturated heterocycles. The van der Waals surface area contributed by atoms with Crippen molar-refractivity contribution in [3.8, 4) is 0 Å². The van der Waals surface area contributed by atoms with E-state index in [1.165, 1.54) is 0 Å². The predicted octanol–water partition coefficient (Wildman–Crippen LogP) is 1.38. The zero-order valence-electron chi connectivity index (χ0n) is 5.82. The minimum Gasteiger partial charge on any atom is -0.303 e. The molecule has 1 heterocycles. The van der Waals surface area contributed by atoms with E-state index in [0.29, 0.717) is 0 Å². The van der Waals surface area contributed by atoms with Crippen molar-refractivity contribution in [2.45, 2.75) is 12.8 Å². The Kier molecular flexibility index (Phi) is 2.15. The summed E-state index contributed by atoms with van der Waals surface area (Å²) >= 11 is 0. The first kappa shape index (κ1) is 6.93. The van der Waals surface area contributed by atoms with Crippen LogP contribution in [0, 0.1) is 0 Å². The highest BCUT2D eigenvalue weighted by Crippen LogP contribution is 2.08. The van der Waals surface area contributed by atoms with Gasteiger partial charge < -0.3 is 4.79 Å². The maximum Gasteiger partial charge on any atom is 0.127 e. The van der Waals surface area contributed by atoms with E-state index in [1.807, 2.05) is 19.1 Å². The van der Waals surface area contributed by atoms with Crippen LogP contribution in [-0.4, -0.2) is 11.3 Å². The van der Waals surface area contributed by atoms with Gasteiger partial charge in [-0.05, 0) is 11.6 Å². The van der Waals surface area contributed by atoms with Crippen LogP contribution in [0.15, 0.2) is 24.5 Å². The van der Waals surface area contributed by atoms with E-state index in [-0.39, 0.29) is 5.92 Å². The molecule has 2 nitrogen and oxygen atoms in total. The summed E-state index contributed by atoms with van der Waals surface area (Å²) in [5.41, 5.74) is 0.970. The van der Waals surface area contributed by atoms with E-state index < -0.39 is 0 Å². The number of carbonyl (C=O) groups excluding carboxylic acids is 1. The summed E-state index contributed by atoms with van der Waals surface area (Å²) in [6.07, 6.45) is 4.32. The fourth-order valence-corrected chi connectivity index (χ4v) is 0.724. The monoisotopic (exact) mass is 135 g/mol. The Balaban J connectivity index is 2.84. The van der Waals surface area contributed by atoms with Crippen LogP contribution < -0.4 is 0 Å².